The predicted molar refractivity (Wildman–Crippen MR) is 76.2 cm³/mol. The molecule has 1 fully saturated rings. The maximum atomic E-state index is 5.97. The van der Waals surface area contributed by atoms with Crippen LogP contribution in [-0.4, -0.2) is 54.1 Å². The summed E-state index contributed by atoms with van der Waals surface area (Å²) in [5.41, 5.74) is 1.27. The first-order valence-electron chi connectivity index (χ1n) is 7.32. The molecule has 19 heavy (non-hydrogen) atoms. The Kier molecular flexibility index (Phi) is 5.36. The van der Waals surface area contributed by atoms with Crippen LogP contribution in [0.5, 0.6) is 0 Å². The van der Waals surface area contributed by atoms with Crippen LogP contribution in [0.1, 0.15) is 32.0 Å². The topological polar surface area (TPSA) is 42.3 Å². The van der Waals surface area contributed by atoms with Crippen molar-refractivity contribution >= 4 is 0 Å². The monoisotopic (exact) mass is 266 g/mol. The average Bonchev–Trinajstić information content (AvgIpc) is 2.85. The van der Waals surface area contributed by atoms with Gasteiger partial charge in [0.25, 0.3) is 0 Å². The van der Waals surface area contributed by atoms with Crippen LogP contribution in [0.4, 0.5) is 0 Å². The van der Waals surface area contributed by atoms with Gasteiger partial charge in [0.2, 0.25) is 0 Å². The van der Waals surface area contributed by atoms with E-state index in [2.05, 4.69) is 47.0 Å². The Morgan fingerprint density at radius 2 is 2.32 bits per heavy atom. The molecule has 1 N–H and O–H groups in total. The second kappa shape index (κ2) is 7.03. The minimum absolute atomic E-state index is 0.200. The number of ether oxygens (including phenoxy) is 1. The molecule has 1 aliphatic heterocycles. The number of rotatable bonds is 6. The van der Waals surface area contributed by atoms with Gasteiger partial charge in [-0.25, -0.2) is 0 Å². The molecule has 1 saturated heterocycles. The molecule has 5 nitrogen and oxygen atoms in total. The molecule has 2 atom stereocenters. The van der Waals surface area contributed by atoms with Gasteiger partial charge < -0.3 is 10.1 Å². The number of nitrogens with one attached hydrogen (secondary N) is 1. The van der Waals surface area contributed by atoms with Gasteiger partial charge in [-0.3, -0.25) is 9.58 Å². The molecule has 2 rings (SSSR count). The summed E-state index contributed by atoms with van der Waals surface area (Å²) in [5, 5.41) is 7.84. The Labute approximate surface area is 115 Å². The highest BCUT2D eigenvalue weighted by atomic mass is 16.5. The third kappa shape index (κ3) is 3.35. The number of morpholine rings is 1. The maximum absolute atomic E-state index is 5.97. The van der Waals surface area contributed by atoms with Crippen LogP contribution in [0.25, 0.3) is 0 Å². The van der Waals surface area contributed by atoms with Gasteiger partial charge in [-0.1, -0.05) is 13.8 Å². The molecule has 108 valence electrons. The largest absolute Gasteiger partial charge is 0.374 e. The van der Waals surface area contributed by atoms with Gasteiger partial charge in [0.05, 0.1) is 24.4 Å². The molecular weight excluding hydrogens is 240 g/mol. The first-order chi connectivity index (χ1) is 9.27. The van der Waals surface area contributed by atoms with Crippen LogP contribution in [-0.2, 0) is 11.3 Å². The Balaban J connectivity index is 2.17. The third-order valence-corrected chi connectivity index (χ3v) is 3.69. The van der Waals surface area contributed by atoms with Crippen molar-refractivity contribution in [1.82, 2.24) is 20.0 Å². The van der Waals surface area contributed by atoms with E-state index >= 15 is 0 Å². The van der Waals surface area contributed by atoms with Crippen LogP contribution in [0.3, 0.4) is 0 Å². The van der Waals surface area contributed by atoms with E-state index in [0.29, 0.717) is 6.04 Å². The normalized spacial score (nSPS) is 24.8. The molecule has 0 aromatic carbocycles. The number of aryl methyl sites for hydroxylation is 1. The van der Waals surface area contributed by atoms with E-state index in [4.69, 9.17) is 4.74 Å². The fraction of sp³-hybridized carbons (Fsp3) is 0.786. The summed E-state index contributed by atoms with van der Waals surface area (Å²) in [6.07, 6.45) is 3.20. The highest BCUT2D eigenvalue weighted by molar-refractivity contribution is 5.11. The van der Waals surface area contributed by atoms with Gasteiger partial charge in [0.15, 0.2) is 0 Å². The first-order valence-corrected chi connectivity index (χ1v) is 7.32. The number of nitrogens with zero attached hydrogens (tertiary/aromatic N) is 3. The average molecular weight is 266 g/mol. The molecule has 0 radical (unpaired) electrons. The second-order valence-corrected chi connectivity index (χ2v) is 5.12. The zero-order valence-corrected chi connectivity index (χ0v) is 12.3. The van der Waals surface area contributed by atoms with E-state index in [9.17, 15) is 0 Å². The summed E-state index contributed by atoms with van der Waals surface area (Å²) in [5.74, 6) is 0. The van der Waals surface area contributed by atoms with Crippen LogP contribution in [0, 0.1) is 0 Å². The minimum atomic E-state index is 0.200. The Morgan fingerprint density at radius 3 is 3.05 bits per heavy atom. The first kappa shape index (κ1) is 14.5. The Morgan fingerprint density at radius 1 is 1.47 bits per heavy atom. The van der Waals surface area contributed by atoms with E-state index in [1.54, 1.807) is 0 Å². The van der Waals surface area contributed by atoms with E-state index < -0.39 is 0 Å². The number of likely N-dealkylation sites (N-methyl/N-ethyl adjacent to an activating group) is 2. The molecule has 0 amide bonds. The lowest BCUT2D eigenvalue weighted by Crippen LogP contribution is -2.48. The fourth-order valence-electron chi connectivity index (χ4n) is 2.73. The molecule has 1 aliphatic rings. The van der Waals surface area contributed by atoms with Crippen molar-refractivity contribution in [1.29, 1.82) is 0 Å². The summed E-state index contributed by atoms with van der Waals surface area (Å²) < 4.78 is 8.09. The third-order valence-electron chi connectivity index (χ3n) is 3.69. The van der Waals surface area contributed by atoms with Crippen molar-refractivity contribution < 1.29 is 4.74 Å². The second-order valence-electron chi connectivity index (χ2n) is 5.12. The Hall–Kier alpha value is -0.910. The zero-order chi connectivity index (χ0) is 13.7. The molecule has 0 bridgehead atoms. The molecule has 1 aromatic heterocycles. The SMILES string of the molecule is CCCn1nccc1C1C(CNCC)OCCN1C. The van der Waals surface area contributed by atoms with Gasteiger partial charge >= 0.3 is 0 Å². The van der Waals surface area contributed by atoms with Crippen LogP contribution < -0.4 is 5.32 Å². The zero-order valence-electron chi connectivity index (χ0n) is 12.3. The van der Waals surface area contributed by atoms with Crippen molar-refractivity contribution in [3.8, 4) is 0 Å². The lowest BCUT2D eigenvalue weighted by atomic mass is 10.0. The van der Waals surface area contributed by atoms with Gasteiger partial charge in [0.1, 0.15) is 0 Å². The van der Waals surface area contributed by atoms with Crippen molar-refractivity contribution in [3.05, 3.63) is 18.0 Å². The minimum Gasteiger partial charge on any atom is -0.374 e. The standard InChI is InChI=1S/C14H26N4O/c1-4-8-18-12(6-7-16-18)14-13(11-15-5-2)19-10-9-17(14)3/h6-7,13-15H,4-5,8-11H2,1-3H3. The molecule has 1 aromatic rings. The smallest absolute Gasteiger partial charge is 0.0911 e. The summed E-state index contributed by atoms with van der Waals surface area (Å²) in [6.45, 7) is 8.94. The van der Waals surface area contributed by atoms with E-state index in [1.807, 2.05) is 6.20 Å². The Bertz CT molecular complexity index is 379. The molecule has 5 heteroatoms. The summed E-state index contributed by atoms with van der Waals surface area (Å²) in [4.78, 5) is 2.38. The quantitative estimate of drug-likeness (QED) is 0.842. The van der Waals surface area contributed by atoms with E-state index in [1.165, 1.54) is 5.69 Å². The van der Waals surface area contributed by atoms with E-state index in [-0.39, 0.29) is 6.10 Å². The van der Waals surface area contributed by atoms with Gasteiger partial charge in [-0.05, 0) is 26.1 Å². The van der Waals surface area contributed by atoms with Crippen molar-refractivity contribution in [2.45, 2.75) is 39.0 Å². The molecular formula is C14H26N4O. The lowest BCUT2D eigenvalue weighted by Gasteiger charge is -2.39. The number of hydrogen-bond acceptors (Lipinski definition) is 4. The van der Waals surface area contributed by atoms with E-state index in [0.717, 1.165) is 39.2 Å². The highest BCUT2D eigenvalue weighted by Gasteiger charge is 2.33. The van der Waals surface area contributed by atoms with Crippen molar-refractivity contribution in [2.75, 3.05) is 33.3 Å². The molecule has 0 aliphatic carbocycles. The van der Waals surface area contributed by atoms with Gasteiger partial charge in [0, 0.05) is 25.8 Å². The lowest BCUT2D eigenvalue weighted by molar-refractivity contribution is -0.0638. The number of hydrogen-bond donors (Lipinski definition) is 1. The molecule has 0 spiro atoms. The van der Waals surface area contributed by atoms with Crippen LogP contribution in [0.2, 0.25) is 0 Å². The summed E-state index contributed by atoms with van der Waals surface area (Å²) >= 11 is 0. The fourth-order valence-corrected chi connectivity index (χ4v) is 2.73. The van der Waals surface area contributed by atoms with Crippen molar-refractivity contribution in [3.63, 3.8) is 0 Å². The maximum Gasteiger partial charge on any atom is 0.0911 e. The highest BCUT2D eigenvalue weighted by Crippen LogP contribution is 2.28. The van der Waals surface area contributed by atoms with Gasteiger partial charge in [-0.2, -0.15) is 5.10 Å². The predicted octanol–water partition coefficient (Wildman–Crippen LogP) is 1.27. The van der Waals surface area contributed by atoms with Gasteiger partial charge in [-0.15, -0.1) is 0 Å². The summed E-state index contributed by atoms with van der Waals surface area (Å²) in [6, 6.07) is 2.42. The number of aromatic nitrogens is 2. The van der Waals surface area contributed by atoms with Crippen LogP contribution in [0.15, 0.2) is 12.3 Å². The molecule has 0 saturated carbocycles. The van der Waals surface area contributed by atoms with Crippen LogP contribution >= 0.6 is 0 Å². The molecule has 2 unspecified atom stereocenters. The summed E-state index contributed by atoms with van der Waals surface area (Å²) in [7, 11) is 2.18. The molecule has 2 heterocycles. The van der Waals surface area contributed by atoms with Crippen molar-refractivity contribution in [2.24, 2.45) is 0 Å².